The van der Waals surface area contributed by atoms with Crippen LogP contribution in [0.3, 0.4) is 0 Å². The van der Waals surface area contributed by atoms with E-state index in [0.717, 1.165) is 26.7 Å². The molecule has 1 aliphatic heterocycles. The van der Waals surface area contributed by atoms with Gasteiger partial charge in [-0.2, -0.15) is 0 Å². The van der Waals surface area contributed by atoms with Gasteiger partial charge in [-0.15, -0.1) is 0 Å². The Kier molecular flexibility index (Phi) is 3.73. The van der Waals surface area contributed by atoms with Crippen LogP contribution in [0.1, 0.15) is 13.8 Å². The Morgan fingerprint density at radius 1 is 0.962 bits per heavy atom. The summed E-state index contributed by atoms with van der Waals surface area (Å²) in [5.41, 5.74) is 1.11. The number of imide groups is 1. The Bertz CT molecular complexity index is 968. The lowest BCUT2D eigenvalue weighted by molar-refractivity contribution is -0.131. The van der Waals surface area contributed by atoms with Gasteiger partial charge >= 0.3 is 6.03 Å². The molecule has 0 aliphatic carbocycles. The number of fused-ring (bicyclic) bond motifs is 3. The molecule has 1 atom stereocenters. The van der Waals surface area contributed by atoms with E-state index in [1.165, 1.54) is 0 Å². The Morgan fingerprint density at radius 2 is 1.50 bits per heavy atom. The molecule has 0 unspecified atom stereocenters. The number of aliphatic hydroxyl groups excluding tert-OH is 1. The van der Waals surface area contributed by atoms with Gasteiger partial charge in [-0.3, -0.25) is 9.69 Å². The molecule has 4 rings (SSSR count). The number of nitrogens with one attached hydrogen (secondary N) is 1. The fourth-order valence-electron chi connectivity index (χ4n) is 3.66. The number of nitrogens with zero attached hydrogens (tertiary/aromatic N) is 2. The fraction of sp³-hybridized carbons (Fsp3) is 0.300. The molecule has 6 heteroatoms. The standard InChI is InChI=1S/C20H21N3O3/c1-20(2)18(25)23(19(26)21-20)12-13(24)11-22-16-9-5-3-7-14(16)15-8-4-6-10-17(15)22/h3-10,13,24H,11-12H2,1-2H3,(H,21,26)/t13-/m0/s1. The van der Waals surface area contributed by atoms with Crippen LogP contribution in [0.4, 0.5) is 4.79 Å². The maximum Gasteiger partial charge on any atom is 0.325 e. The number of urea groups is 1. The minimum Gasteiger partial charge on any atom is -0.389 e. The summed E-state index contributed by atoms with van der Waals surface area (Å²) in [5, 5.41) is 15.5. The monoisotopic (exact) mass is 351 g/mol. The summed E-state index contributed by atoms with van der Waals surface area (Å²) >= 11 is 0. The van der Waals surface area contributed by atoms with Gasteiger partial charge in [0.05, 0.1) is 19.2 Å². The molecule has 0 radical (unpaired) electrons. The summed E-state index contributed by atoms with van der Waals surface area (Å²) in [7, 11) is 0. The quantitative estimate of drug-likeness (QED) is 0.709. The van der Waals surface area contributed by atoms with Gasteiger partial charge in [0, 0.05) is 21.8 Å². The molecule has 1 saturated heterocycles. The summed E-state index contributed by atoms with van der Waals surface area (Å²) in [6.07, 6.45) is -0.863. The topological polar surface area (TPSA) is 74.6 Å². The smallest absolute Gasteiger partial charge is 0.325 e. The number of rotatable bonds is 4. The normalized spacial score (nSPS) is 17.9. The number of para-hydroxylation sites is 2. The summed E-state index contributed by atoms with van der Waals surface area (Å²) in [5.74, 6) is -0.316. The number of β-amino-alcohol motifs (C(OH)–C–C–N with tert-alkyl or cyclic N) is 1. The summed E-state index contributed by atoms with van der Waals surface area (Å²) < 4.78 is 2.04. The molecular weight excluding hydrogens is 330 g/mol. The second-order valence-corrected chi connectivity index (χ2v) is 7.27. The molecule has 134 valence electrons. The van der Waals surface area contributed by atoms with Crippen LogP contribution in [0.25, 0.3) is 21.8 Å². The first-order chi connectivity index (χ1) is 12.4. The first kappa shape index (κ1) is 16.6. The lowest BCUT2D eigenvalue weighted by Gasteiger charge is -2.20. The molecule has 0 saturated carbocycles. The van der Waals surface area contributed by atoms with Crippen molar-refractivity contribution in [1.82, 2.24) is 14.8 Å². The number of amides is 3. The van der Waals surface area contributed by atoms with E-state index in [1.54, 1.807) is 13.8 Å². The number of hydrogen-bond acceptors (Lipinski definition) is 3. The van der Waals surface area contributed by atoms with Gasteiger partial charge in [-0.1, -0.05) is 36.4 Å². The van der Waals surface area contributed by atoms with Gasteiger partial charge in [0.2, 0.25) is 0 Å². The number of aliphatic hydroxyl groups is 1. The second kappa shape index (κ2) is 5.85. The van der Waals surface area contributed by atoms with Gasteiger partial charge in [0.15, 0.2) is 0 Å². The lowest BCUT2D eigenvalue weighted by atomic mass is 10.1. The average Bonchev–Trinajstić information content (AvgIpc) is 3.02. The van der Waals surface area contributed by atoms with E-state index in [4.69, 9.17) is 0 Å². The van der Waals surface area contributed by atoms with E-state index in [1.807, 2.05) is 41.0 Å². The van der Waals surface area contributed by atoms with Gasteiger partial charge < -0.3 is 15.0 Å². The first-order valence-corrected chi connectivity index (χ1v) is 8.66. The zero-order valence-corrected chi connectivity index (χ0v) is 14.8. The van der Waals surface area contributed by atoms with Crippen molar-refractivity contribution >= 4 is 33.7 Å². The highest BCUT2D eigenvalue weighted by Crippen LogP contribution is 2.29. The predicted octanol–water partition coefficient (Wildman–Crippen LogP) is 2.49. The number of aromatic nitrogens is 1. The van der Waals surface area contributed by atoms with Crippen molar-refractivity contribution in [1.29, 1.82) is 0 Å². The molecule has 1 fully saturated rings. The van der Waals surface area contributed by atoms with Crippen LogP contribution >= 0.6 is 0 Å². The minimum atomic E-state index is -0.927. The van der Waals surface area contributed by atoms with Crippen molar-refractivity contribution in [2.24, 2.45) is 0 Å². The van der Waals surface area contributed by atoms with E-state index < -0.39 is 17.7 Å². The summed E-state index contributed by atoms with van der Waals surface area (Å²) in [4.78, 5) is 25.5. The van der Waals surface area contributed by atoms with Crippen LogP contribution in [-0.2, 0) is 11.3 Å². The SMILES string of the molecule is CC1(C)NC(=O)N(C[C@@H](O)Cn2c3ccccc3c3ccccc32)C1=O. The van der Waals surface area contributed by atoms with Gasteiger partial charge in [0.25, 0.3) is 5.91 Å². The van der Waals surface area contributed by atoms with Crippen LogP contribution in [0.15, 0.2) is 48.5 Å². The Balaban J connectivity index is 1.65. The van der Waals surface area contributed by atoms with E-state index >= 15 is 0 Å². The van der Waals surface area contributed by atoms with Crippen molar-refractivity contribution in [2.75, 3.05) is 6.54 Å². The molecule has 2 aromatic carbocycles. The first-order valence-electron chi connectivity index (χ1n) is 8.66. The molecule has 2 N–H and O–H groups in total. The third-order valence-electron chi connectivity index (χ3n) is 4.91. The van der Waals surface area contributed by atoms with Crippen molar-refractivity contribution in [3.63, 3.8) is 0 Å². The number of carbonyl (C=O) groups is 2. The molecule has 1 aliphatic rings. The number of carbonyl (C=O) groups excluding carboxylic acids is 2. The maximum atomic E-state index is 12.3. The Labute approximate surface area is 151 Å². The third kappa shape index (κ3) is 2.54. The number of benzene rings is 2. The highest BCUT2D eigenvalue weighted by molar-refractivity contribution is 6.08. The van der Waals surface area contributed by atoms with Crippen molar-refractivity contribution in [3.8, 4) is 0 Å². The van der Waals surface area contributed by atoms with Crippen molar-refractivity contribution in [3.05, 3.63) is 48.5 Å². The Morgan fingerprint density at radius 3 is 2.00 bits per heavy atom. The lowest BCUT2D eigenvalue weighted by Crippen LogP contribution is -2.42. The Hall–Kier alpha value is -2.86. The average molecular weight is 351 g/mol. The highest BCUT2D eigenvalue weighted by Gasteiger charge is 2.44. The van der Waals surface area contributed by atoms with Crippen LogP contribution < -0.4 is 5.32 Å². The molecule has 1 aromatic heterocycles. The molecule has 3 aromatic rings. The summed E-state index contributed by atoms with van der Waals surface area (Å²) in [6, 6.07) is 15.6. The zero-order valence-electron chi connectivity index (χ0n) is 14.8. The molecule has 0 bridgehead atoms. The largest absolute Gasteiger partial charge is 0.389 e. The van der Waals surface area contributed by atoms with Crippen LogP contribution in [-0.4, -0.2) is 44.7 Å². The maximum absolute atomic E-state index is 12.3. The van der Waals surface area contributed by atoms with Gasteiger partial charge in [0.1, 0.15) is 5.54 Å². The fourth-order valence-corrected chi connectivity index (χ4v) is 3.66. The van der Waals surface area contributed by atoms with E-state index in [-0.39, 0.29) is 12.5 Å². The molecule has 2 heterocycles. The number of hydrogen-bond donors (Lipinski definition) is 2. The molecule has 0 spiro atoms. The molecule has 6 nitrogen and oxygen atoms in total. The zero-order chi connectivity index (χ0) is 18.5. The van der Waals surface area contributed by atoms with Gasteiger partial charge in [-0.25, -0.2) is 4.79 Å². The molecular formula is C20H21N3O3. The van der Waals surface area contributed by atoms with Crippen LogP contribution in [0, 0.1) is 0 Å². The van der Waals surface area contributed by atoms with Crippen molar-refractivity contribution < 1.29 is 14.7 Å². The van der Waals surface area contributed by atoms with E-state index in [2.05, 4.69) is 17.4 Å². The second-order valence-electron chi connectivity index (χ2n) is 7.27. The van der Waals surface area contributed by atoms with Crippen LogP contribution in [0.2, 0.25) is 0 Å². The summed E-state index contributed by atoms with van der Waals surface area (Å²) in [6.45, 7) is 3.58. The molecule has 26 heavy (non-hydrogen) atoms. The minimum absolute atomic E-state index is 0.0328. The predicted molar refractivity (Wildman–Crippen MR) is 99.8 cm³/mol. The third-order valence-corrected chi connectivity index (χ3v) is 4.91. The van der Waals surface area contributed by atoms with Crippen molar-refractivity contribution in [2.45, 2.75) is 32.0 Å². The van der Waals surface area contributed by atoms with Crippen LogP contribution in [0.5, 0.6) is 0 Å². The van der Waals surface area contributed by atoms with E-state index in [0.29, 0.717) is 6.54 Å². The van der Waals surface area contributed by atoms with E-state index in [9.17, 15) is 14.7 Å². The highest BCUT2D eigenvalue weighted by atomic mass is 16.3. The molecule has 3 amide bonds. The van der Waals surface area contributed by atoms with Gasteiger partial charge in [-0.05, 0) is 26.0 Å².